The number of benzene rings is 1. The van der Waals surface area contributed by atoms with E-state index in [4.69, 9.17) is 0 Å². The molecule has 1 aliphatic rings. The zero-order valence-electron chi connectivity index (χ0n) is 9.43. The number of carbonyl (C=O) groups is 2. The van der Waals surface area contributed by atoms with Gasteiger partial charge in [0.15, 0.2) is 0 Å². The number of hydrogen-bond donors (Lipinski definition) is 0. The van der Waals surface area contributed by atoms with Gasteiger partial charge in [-0.25, -0.2) is 12.7 Å². The first-order valence-corrected chi connectivity index (χ1v) is 6.45. The highest BCUT2D eigenvalue weighted by Crippen LogP contribution is 2.30. The third-order valence-electron chi connectivity index (χ3n) is 2.53. The van der Waals surface area contributed by atoms with E-state index in [9.17, 15) is 18.0 Å². The summed E-state index contributed by atoms with van der Waals surface area (Å²) in [5.41, 5.74) is 0.947. The highest BCUT2D eigenvalue weighted by atomic mass is 32.2. The van der Waals surface area contributed by atoms with Crippen LogP contribution in [0.4, 0.5) is 0 Å². The minimum absolute atomic E-state index is 0.0191. The van der Waals surface area contributed by atoms with E-state index >= 15 is 0 Å². The highest BCUT2D eigenvalue weighted by Gasteiger charge is 2.41. The minimum atomic E-state index is -3.84. The fraction of sp³-hybridized carbons (Fsp3) is 0.273. The van der Waals surface area contributed by atoms with Gasteiger partial charge >= 0.3 is 0 Å². The Hall–Kier alpha value is -1.69. The Morgan fingerprint density at radius 3 is 2.59 bits per heavy atom. The Labute approximate surface area is 99.1 Å². The summed E-state index contributed by atoms with van der Waals surface area (Å²) in [6.07, 6.45) is 0. The van der Waals surface area contributed by atoms with E-state index in [2.05, 4.69) is 0 Å². The van der Waals surface area contributed by atoms with Gasteiger partial charge in [-0.1, -0.05) is 11.6 Å². The molecule has 0 aromatic heterocycles. The highest BCUT2D eigenvalue weighted by molar-refractivity contribution is 7.90. The maximum atomic E-state index is 12.0. The van der Waals surface area contributed by atoms with Crippen LogP contribution in [0.15, 0.2) is 23.1 Å². The standard InChI is InChI=1S/C11H11NO4S/c1-7-3-4-10-9(5-7)11(14)12(6-8(2)13)17(10,15)16/h3-5H,6H2,1-2H3. The molecule has 1 aromatic rings. The molecule has 0 saturated heterocycles. The average molecular weight is 253 g/mol. The SMILES string of the molecule is CC(=O)CN1C(=O)c2cc(C)ccc2S1(=O)=O. The van der Waals surface area contributed by atoms with Gasteiger partial charge in [-0.05, 0) is 26.0 Å². The number of sulfonamides is 1. The first-order chi connectivity index (χ1) is 7.84. The number of carbonyl (C=O) groups excluding carboxylic acids is 2. The lowest BCUT2D eigenvalue weighted by atomic mass is 10.1. The lowest BCUT2D eigenvalue weighted by Crippen LogP contribution is -2.34. The largest absolute Gasteiger partial charge is 0.298 e. The Balaban J connectivity index is 2.60. The van der Waals surface area contributed by atoms with Crippen LogP contribution in [0.5, 0.6) is 0 Å². The second-order valence-corrected chi connectivity index (χ2v) is 5.85. The van der Waals surface area contributed by atoms with Crippen LogP contribution < -0.4 is 0 Å². The van der Waals surface area contributed by atoms with Crippen molar-refractivity contribution in [3.8, 4) is 0 Å². The van der Waals surface area contributed by atoms with Crippen LogP contribution in [0.1, 0.15) is 22.8 Å². The molecule has 1 heterocycles. The van der Waals surface area contributed by atoms with Crippen molar-refractivity contribution in [3.63, 3.8) is 0 Å². The molecule has 0 N–H and O–H groups in total. The molecular formula is C11H11NO4S. The van der Waals surface area contributed by atoms with Gasteiger partial charge in [0.05, 0.1) is 12.1 Å². The maximum Gasteiger partial charge on any atom is 0.269 e. The summed E-state index contributed by atoms with van der Waals surface area (Å²) >= 11 is 0. The van der Waals surface area contributed by atoms with E-state index < -0.39 is 22.5 Å². The number of fused-ring (bicyclic) bond motifs is 1. The summed E-state index contributed by atoms with van der Waals surface area (Å²) in [4.78, 5) is 22.9. The first kappa shape index (κ1) is 11.8. The summed E-state index contributed by atoms with van der Waals surface area (Å²) in [6.45, 7) is 2.61. The van der Waals surface area contributed by atoms with Crippen LogP contribution in [0.25, 0.3) is 0 Å². The van der Waals surface area contributed by atoms with Gasteiger partial charge in [-0.15, -0.1) is 0 Å². The summed E-state index contributed by atoms with van der Waals surface area (Å²) in [5, 5.41) is 0. The predicted molar refractivity (Wildman–Crippen MR) is 60.1 cm³/mol. The molecule has 1 aromatic carbocycles. The molecule has 90 valence electrons. The third-order valence-corrected chi connectivity index (χ3v) is 4.31. The number of rotatable bonds is 2. The van der Waals surface area contributed by atoms with Crippen LogP contribution in [0, 0.1) is 6.92 Å². The molecule has 0 spiro atoms. The molecule has 0 saturated carbocycles. The maximum absolute atomic E-state index is 12.0. The quantitative estimate of drug-likeness (QED) is 0.779. The summed E-state index contributed by atoms with van der Waals surface area (Å²) in [7, 11) is -3.84. The zero-order valence-corrected chi connectivity index (χ0v) is 10.2. The van der Waals surface area contributed by atoms with E-state index in [0.717, 1.165) is 5.56 Å². The second-order valence-electron chi connectivity index (χ2n) is 4.02. The van der Waals surface area contributed by atoms with Gasteiger partial charge in [0.2, 0.25) is 0 Å². The molecular weight excluding hydrogens is 242 g/mol. The van der Waals surface area contributed by atoms with Gasteiger partial charge in [0, 0.05) is 0 Å². The number of nitrogens with zero attached hydrogens (tertiary/aromatic N) is 1. The van der Waals surface area contributed by atoms with Gasteiger partial charge in [0.25, 0.3) is 15.9 Å². The van der Waals surface area contributed by atoms with Crippen LogP contribution in [0.3, 0.4) is 0 Å². The molecule has 0 bridgehead atoms. The molecule has 0 atom stereocenters. The van der Waals surface area contributed by atoms with E-state index in [-0.39, 0.29) is 16.2 Å². The van der Waals surface area contributed by atoms with Crippen molar-refractivity contribution < 1.29 is 18.0 Å². The Morgan fingerprint density at radius 1 is 1.35 bits per heavy atom. The van der Waals surface area contributed by atoms with Crippen molar-refractivity contribution in [2.75, 3.05) is 6.54 Å². The molecule has 0 unspecified atom stereocenters. The monoisotopic (exact) mass is 253 g/mol. The molecule has 0 aliphatic carbocycles. The molecule has 17 heavy (non-hydrogen) atoms. The van der Waals surface area contributed by atoms with Crippen LogP contribution in [-0.4, -0.2) is 31.0 Å². The lowest BCUT2D eigenvalue weighted by molar-refractivity contribution is -0.116. The Bertz CT molecular complexity index is 618. The molecule has 2 rings (SSSR count). The predicted octanol–water partition coefficient (Wildman–Crippen LogP) is 0.729. The van der Waals surface area contributed by atoms with E-state index in [0.29, 0.717) is 4.31 Å². The van der Waals surface area contributed by atoms with Crippen molar-refractivity contribution in [2.45, 2.75) is 18.7 Å². The molecule has 1 aliphatic heterocycles. The average Bonchev–Trinajstić information content (AvgIpc) is 2.39. The lowest BCUT2D eigenvalue weighted by Gasteiger charge is -2.12. The van der Waals surface area contributed by atoms with Crippen molar-refractivity contribution in [3.05, 3.63) is 29.3 Å². The Kier molecular flexibility index (Phi) is 2.54. The minimum Gasteiger partial charge on any atom is -0.298 e. The fourth-order valence-electron chi connectivity index (χ4n) is 1.76. The van der Waals surface area contributed by atoms with Crippen molar-refractivity contribution >= 4 is 21.7 Å². The molecule has 0 radical (unpaired) electrons. The molecule has 1 amide bonds. The molecule has 0 fully saturated rings. The van der Waals surface area contributed by atoms with Crippen LogP contribution in [-0.2, 0) is 14.8 Å². The van der Waals surface area contributed by atoms with E-state index in [1.807, 2.05) is 0 Å². The van der Waals surface area contributed by atoms with Gasteiger partial charge < -0.3 is 0 Å². The number of hydrogen-bond acceptors (Lipinski definition) is 4. The van der Waals surface area contributed by atoms with Crippen LogP contribution >= 0.6 is 0 Å². The van der Waals surface area contributed by atoms with Gasteiger partial charge in [0.1, 0.15) is 10.7 Å². The van der Waals surface area contributed by atoms with Crippen molar-refractivity contribution in [1.29, 1.82) is 0 Å². The summed E-state index contributed by atoms with van der Waals surface area (Å²) in [5.74, 6) is -0.995. The zero-order chi connectivity index (χ0) is 12.8. The molecule has 6 heteroatoms. The van der Waals surface area contributed by atoms with Crippen molar-refractivity contribution in [1.82, 2.24) is 4.31 Å². The van der Waals surface area contributed by atoms with E-state index in [1.165, 1.54) is 19.1 Å². The Morgan fingerprint density at radius 2 is 2.00 bits per heavy atom. The second kappa shape index (κ2) is 3.66. The topological polar surface area (TPSA) is 71.5 Å². The molecule has 5 nitrogen and oxygen atoms in total. The normalized spacial score (nSPS) is 17.1. The first-order valence-electron chi connectivity index (χ1n) is 5.01. The van der Waals surface area contributed by atoms with Crippen LogP contribution in [0.2, 0.25) is 0 Å². The smallest absolute Gasteiger partial charge is 0.269 e. The number of ketones is 1. The summed E-state index contributed by atoms with van der Waals surface area (Å²) in [6, 6.07) is 4.55. The summed E-state index contributed by atoms with van der Waals surface area (Å²) < 4.78 is 24.6. The number of aryl methyl sites for hydroxylation is 1. The van der Waals surface area contributed by atoms with Gasteiger partial charge in [-0.3, -0.25) is 9.59 Å². The fourth-order valence-corrected chi connectivity index (χ4v) is 3.33. The number of Topliss-reactive ketones (excluding diaryl/α,β-unsaturated/α-hetero) is 1. The van der Waals surface area contributed by atoms with Gasteiger partial charge in [-0.2, -0.15) is 0 Å². The number of amides is 1. The third kappa shape index (κ3) is 1.74. The van der Waals surface area contributed by atoms with Crippen molar-refractivity contribution in [2.24, 2.45) is 0 Å². The van der Waals surface area contributed by atoms with E-state index in [1.54, 1.807) is 13.0 Å².